The molecule has 1 aliphatic heterocycles. The highest BCUT2D eigenvalue weighted by atomic mass is 79.9. The van der Waals surface area contributed by atoms with Gasteiger partial charge in [0.25, 0.3) is 0 Å². The van der Waals surface area contributed by atoms with Crippen molar-refractivity contribution in [3.63, 3.8) is 0 Å². The van der Waals surface area contributed by atoms with Crippen LogP contribution in [0.15, 0.2) is 77.3 Å². The number of rotatable bonds is 9. The lowest BCUT2D eigenvalue weighted by Crippen LogP contribution is -2.54. The largest absolute Gasteiger partial charge is 0.454 e. The maximum Gasteiger partial charge on any atom is 0.243 e. The van der Waals surface area contributed by atoms with E-state index in [4.69, 9.17) is 9.47 Å². The van der Waals surface area contributed by atoms with Crippen molar-refractivity contribution < 1.29 is 19.1 Å². The molecule has 4 rings (SSSR count). The first kappa shape index (κ1) is 26.7. The van der Waals surface area contributed by atoms with Crippen LogP contribution in [-0.4, -0.2) is 35.1 Å². The first-order valence-corrected chi connectivity index (χ1v) is 13.3. The number of aryl methyl sites for hydroxylation is 1. The van der Waals surface area contributed by atoms with Gasteiger partial charge in [0.15, 0.2) is 11.5 Å². The van der Waals surface area contributed by atoms with E-state index >= 15 is 0 Å². The van der Waals surface area contributed by atoms with E-state index in [-0.39, 0.29) is 25.0 Å². The molecule has 1 atom stereocenters. The molecule has 1 N–H and O–H groups in total. The van der Waals surface area contributed by atoms with E-state index < -0.39 is 11.6 Å². The van der Waals surface area contributed by atoms with E-state index in [0.29, 0.717) is 30.9 Å². The third-order valence-corrected chi connectivity index (χ3v) is 6.63. The molecule has 1 unspecified atom stereocenters. The monoisotopic (exact) mass is 564 g/mol. The molecule has 7 heteroatoms. The molecule has 0 radical (unpaired) electrons. The molecule has 2 amide bonds. The molecule has 3 aromatic rings. The van der Waals surface area contributed by atoms with Crippen molar-refractivity contribution >= 4 is 27.7 Å². The minimum atomic E-state index is -0.658. The lowest BCUT2D eigenvalue weighted by atomic mass is 9.99. The highest BCUT2D eigenvalue weighted by Gasteiger charge is 2.32. The number of nitrogens with one attached hydrogen (secondary N) is 1. The van der Waals surface area contributed by atoms with Gasteiger partial charge in [-0.05, 0) is 68.1 Å². The fourth-order valence-corrected chi connectivity index (χ4v) is 4.55. The standard InChI is InChI=1S/C30H33BrN2O4/c1-30(2,3)32-29(35)25(17-21-7-5-4-6-8-21)33(19-23-9-13-24(31)14-10-23)28(34)16-12-22-11-15-26-27(18-22)37-20-36-26/h4-11,13-15,18,25H,12,16-17,19-20H2,1-3H3,(H,32,35). The normalized spacial score (nSPS) is 13.2. The predicted octanol–water partition coefficient (Wildman–Crippen LogP) is 5.67. The smallest absolute Gasteiger partial charge is 0.243 e. The molecular formula is C30H33BrN2O4. The lowest BCUT2D eigenvalue weighted by molar-refractivity contribution is -0.141. The van der Waals surface area contributed by atoms with Crippen LogP contribution in [-0.2, 0) is 29.0 Å². The Morgan fingerprint density at radius 2 is 1.59 bits per heavy atom. The molecule has 0 bridgehead atoms. The second-order valence-electron chi connectivity index (χ2n) is 10.3. The molecule has 1 heterocycles. The van der Waals surface area contributed by atoms with E-state index in [0.717, 1.165) is 21.2 Å². The summed E-state index contributed by atoms with van der Waals surface area (Å²) in [7, 11) is 0. The minimum Gasteiger partial charge on any atom is -0.454 e. The van der Waals surface area contributed by atoms with Crippen LogP contribution in [0.1, 0.15) is 43.9 Å². The number of halogens is 1. The van der Waals surface area contributed by atoms with Crippen molar-refractivity contribution in [3.8, 4) is 11.5 Å². The Bertz CT molecular complexity index is 1220. The summed E-state index contributed by atoms with van der Waals surface area (Å²) in [5, 5.41) is 3.10. The third-order valence-electron chi connectivity index (χ3n) is 6.10. The maximum absolute atomic E-state index is 13.8. The van der Waals surface area contributed by atoms with Crippen molar-refractivity contribution in [1.82, 2.24) is 10.2 Å². The number of hydrogen-bond donors (Lipinski definition) is 1. The molecule has 0 fully saturated rings. The van der Waals surface area contributed by atoms with E-state index in [2.05, 4.69) is 21.2 Å². The lowest BCUT2D eigenvalue weighted by Gasteiger charge is -2.34. The van der Waals surface area contributed by atoms with Gasteiger partial charge in [0.1, 0.15) is 6.04 Å². The number of carbonyl (C=O) groups excluding carboxylic acids is 2. The van der Waals surface area contributed by atoms with Gasteiger partial charge < -0.3 is 19.7 Å². The topological polar surface area (TPSA) is 67.9 Å². The van der Waals surface area contributed by atoms with Crippen molar-refractivity contribution in [3.05, 3.63) is 94.0 Å². The van der Waals surface area contributed by atoms with Crippen LogP contribution in [0.5, 0.6) is 11.5 Å². The van der Waals surface area contributed by atoms with Gasteiger partial charge in [-0.3, -0.25) is 9.59 Å². The van der Waals surface area contributed by atoms with E-state index in [9.17, 15) is 9.59 Å². The summed E-state index contributed by atoms with van der Waals surface area (Å²) >= 11 is 3.48. The number of carbonyl (C=O) groups is 2. The molecule has 0 saturated heterocycles. The molecule has 0 saturated carbocycles. The van der Waals surface area contributed by atoms with Crippen molar-refractivity contribution in [2.24, 2.45) is 0 Å². The molecule has 194 valence electrons. The average molecular weight is 566 g/mol. The molecule has 37 heavy (non-hydrogen) atoms. The Balaban J connectivity index is 1.60. The Labute approximate surface area is 227 Å². The average Bonchev–Trinajstić information content (AvgIpc) is 3.33. The van der Waals surface area contributed by atoms with Crippen LogP contribution < -0.4 is 14.8 Å². The van der Waals surface area contributed by atoms with Crippen molar-refractivity contribution in [1.29, 1.82) is 0 Å². The first-order chi connectivity index (χ1) is 17.7. The summed E-state index contributed by atoms with van der Waals surface area (Å²) in [6, 6.07) is 22.8. The third kappa shape index (κ3) is 7.59. The maximum atomic E-state index is 13.8. The first-order valence-electron chi connectivity index (χ1n) is 12.5. The summed E-state index contributed by atoms with van der Waals surface area (Å²) in [4.78, 5) is 29.1. The minimum absolute atomic E-state index is 0.0782. The van der Waals surface area contributed by atoms with E-state index in [1.807, 2.05) is 93.6 Å². The second-order valence-corrected chi connectivity index (χ2v) is 11.2. The van der Waals surface area contributed by atoms with Crippen molar-refractivity contribution in [2.45, 2.75) is 58.2 Å². The van der Waals surface area contributed by atoms with Gasteiger partial charge in [0, 0.05) is 29.4 Å². The zero-order chi connectivity index (χ0) is 26.4. The molecule has 0 aromatic heterocycles. The highest BCUT2D eigenvalue weighted by Crippen LogP contribution is 2.33. The van der Waals surface area contributed by atoms with Gasteiger partial charge in [-0.2, -0.15) is 0 Å². The van der Waals surface area contributed by atoms with Gasteiger partial charge in [-0.15, -0.1) is 0 Å². The second kappa shape index (κ2) is 11.8. The predicted molar refractivity (Wildman–Crippen MR) is 147 cm³/mol. The molecule has 3 aromatic carbocycles. The fraction of sp³-hybridized carbons (Fsp3) is 0.333. The highest BCUT2D eigenvalue weighted by molar-refractivity contribution is 9.10. The Morgan fingerprint density at radius 3 is 2.30 bits per heavy atom. The quantitative estimate of drug-likeness (QED) is 0.364. The van der Waals surface area contributed by atoms with Gasteiger partial charge >= 0.3 is 0 Å². The zero-order valence-electron chi connectivity index (χ0n) is 21.5. The van der Waals surface area contributed by atoms with Crippen molar-refractivity contribution in [2.75, 3.05) is 6.79 Å². The van der Waals surface area contributed by atoms with Gasteiger partial charge in [-0.1, -0.05) is 64.5 Å². The Morgan fingerprint density at radius 1 is 0.919 bits per heavy atom. The zero-order valence-corrected chi connectivity index (χ0v) is 23.1. The Kier molecular flexibility index (Phi) is 8.54. The van der Waals surface area contributed by atoms with E-state index in [1.54, 1.807) is 4.90 Å². The summed E-state index contributed by atoms with van der Waals surface area (Å²) in [6.07, 6.45) is 1.23. The number of ether oxygens (including phenoxy) is 2. The van der Waals surface area contributed by atoms with Gasteiger partial charge in [-0.25, -0.2) is 0 Å². The molecule has 0 spiro atoms. The SMILES string of the molecule is CC(C)(C)NC(=O)C(Cc1ccccc1)N(Cc1ccc(Br)cc1)C(=O)CCc1ccc2c(c1)OCO2. The summed E-state index contributed by atoms with van der Waals surface area (Å²) < 4.78 is 11.9. The van der Waals surface area contributed by atoms with Gasteiger partial charge in [0.2, 0.25) is 18.6 Å². The number of nitrogens with zero attached hydrogens (tertiary/aromatic N) is 1. The number of amides is 2. The van der Waals surface area contributed by atoms with E-state index in [1.165, 1.54) is 0 Å². The van der Waals surface area contributed by atoms with Crippen LogP contribution in [0.25, 0.3) is 0 Å². The van der Waals surface area contributed by atoms with Crippen LogP contribution >= 0.6 is 15.9 Å². The summed E-state index contributed by atoms with van der Waals surface area (Å²) in [5.74, 6) is 1.17. The number of benzene rings is 3. The summed E-state index contributed by atoms with van der Waals surface area (Å²) in [6.45, 7) is 6.39. The number of hydrogen-bond acceptors (Lipinski definition) is 4. The molecule has 0 aliphatic carbocycles. The molecule has 6 nitrogen and oxygen atoms in total. The van der Waals surface area contributed by atoms with Crippen LogP contribution in [0.2, 0.25) is 0 Å². The fourth-order valence-electron chi connectivity index (χ4n) is 4.28. The Hall–Kier alpha value is -3.32. The van der Waals surface area contributed by atoms with Crippen LogP contribution in [0.3, 0.4) is 0 Å². The van der Waals surface area contributed by atoms with Gasteiger partial charge in [0.05, 0.1) is 0 Å². The summed E-state index contributed by atoms with van der Waals surface area (Å²) in [5.41, 5.74) is 2.52. The van der Waals surface area contributed by atoms with Crippen LogP contribution in [0, 0.1) is 0 Å². The number of fused-ring (bicyclic) bond motifs is 1. The molecular weight excluding hydrogens is 532 g/mol. The molecule has 1 aliphatic rings. The van der Waals surface area contributed by atoms with Crippen LogP contribution in [0.4, 0.5) is 0 Å².